The maximum atomic E-state index is 3.31. The van der Waals surface area contributed by atoms with Gasteiger partial charge in [-0.3, -0.25) is 0 Å². The Kier molecular flexibility index (Phi) is 2.84. The zero-order chi connectivity index (χ0) is 11.6. The molecule has 0 aliphatic rings. The van der Waals surface area contributed by atoms with Crippen molar-refractivity contribution < 1.29 is 0 Å². The minimum Gasteiger partial charge on any atom is -0.324 e. The van der Waals surface area contributed by atoms with Crippen LogP contribution < -0.4 is 5.32 Å². The fraction of sp³-hybridized carbons (Fsp3) is 0.286. The lowest BCUT2D eigenvalue weighted by atomic mass is 9.94. The van der Waals surface area contributed by atoms with Gasteiger partial charge in [-0.1, -0.05) is 12.1 Å². The molecule has 1 aromatic carbocycles. The summed E-state index contributed by atoms with van der Waals surface area (Å²) >= 11 is 0. The van der Waals surface area contributed by atoms with Gasteiger partial charge in [-0.2, -0.15) is 0 Å². The Morgan fingerprint density at radius 1 is 1.00 bits per heavy atom. The van der Waals surface area contributed by atoms with Gasteiger partial charge in [0.2, 0.25) is 0 Å². The summed E-state index contributed by atoms with van der Waals surface area (Å²) in [6.45, 7) is 4.36. The quantitative estimate of drug-likeness (QED) is 0.831. The molecule has 2 nitrogen and oxygen atoms in total. The summed E-state index contributed by atoms with van der Waals surface area (Å²) in [7, 11) is 1.99. The van der Waals surface area contributed by atoms with Gasteiger partial charge in [0.15, 0.2) is 0 Å². The molecule has 0 radical (unpaired) electrons. The first-order valence-corrected chi connectivity index (χ1v) is 5.56. The van der Waals surface area contributed by atoms with Gasteiger partial charge in [0.25, 0.3) is 0 Å². The molecule has 0 amide bonds. The second-order valence-corrected chi connectivity index (χ2v) is 4.51. The first-order chi connectivity index (χ1) is 7.63. The molecule has 0 aliphatic heterocycles. The van der Waals surface area contributed by atoms with Crippen molar-refractivity contribution in [2.45, 2.75) is 19.4 Å². The SMILES string of the molecule is CNC(C)(C)c1ccc(-n2cccc2)cc1. The maximum absolute atomic E-state index is 3.31. The molecule has 1 N–H and O–H groups in total. The molecule has 2 rings (SSSR count). The van der Waals surface area contributed by atoms with E-state index in [9.17, 15) is 0 Å². The van der Waals surface area contributed by atoms with E-state index in [1.165, 1.54) is 11.3 Å². The number of aromatic nitrogens is 1. The van der Waals surface area contributed by atoms with Gasteiger partial charge in [-0.25, -0.2) is 0 Å². The van der Waals surface area contributed by atoms with Crippen LogP contribution in [0.4, 0.5) is 0 Å². The van der Waals surface area contributed by atoms with Crippen LogP contribution >= 0.6 is 0 Å². The predicted molar refractivity (Wildman–Crippen MR) is 67.9 cm³/mol. The van der Waals surface area contributed by atoms with E-state index in [1.54, 1.807) is 0 Å². The van der Waals surface area contributed by atoms with Gasteiger partial charge in [-0.05, 0) is 50.7 Å². The van der Waals surface area contributed by atoms with Crippen LogP contribution in [0.25, 0.3) is 5.69 Å². The predicted octanol–water partition coefficient (Wildman–Crippen LogP) is 2.93. The van der Waals surface area contributed by atoms with E-state index >= 15 is 0 Å². The van der Waals surface area contributed by atoms with Crippen molar-refractivity contribution in [1.82, 2.24) is 9.88 Å². The molecule has 16 heavy (non-hydrogen) atoms. The summed E-state index contributed by atoms with van der Waals surface area (Å²) in [6.07, 6.45) is 4.11. The molecular formula is C14H18N2. The number of hydrogen-bond acceptors (Lipinski definition) is 1. The van der Waals surface area contributed by atoms with Crippen molar-refractivity contribution in [2.24, 2.45) is 0 Å². The Labute approximate surface area is 96.9 Å². The Balaban J connectivity index is 2.30. The second kappa shape index (κ2) is 4.14. The molecule has 0 saturated heterocycles. The van der Waals surface area contributed by atoms with Crippen molar-refractivity contribution in [2.75, 3.05) is 7.05 Å². The van der Waals surface area contributed by atoms with E-state index in [0.717, 1.165) is 0 Å². The highest BCUT2D eigenvalue weighted by atomic mass is 14.9. The Bertz CT molecular complexity index is 438. The average molecular weight is 214 g/mol. The van der Waals surface area contributed by atoms with E-state index < -0.39 is 0 Å². The smallest absolute Gasteiger partial charge is 0.0449 e. The summed E-state index contributed by atoms with van der Waals surface area (Å²) in [6, 6.07) is 12.7. The van der Waals surface area contributed by atoms with E-state index in [2.05, 4.69) is 60.4 Å². The largest absolute Gasteiger partial charge is 0.324 e. The molecular weight excluding hydrogens is 196 g/mol. The van der Waals surface area contributed by atoms with E-state index in [0.29, 0.717) is 0 Å². The van der Waals surface area contributed by atoms with Crippen LogP contribution in [0.1, 0.15) is 19.4 Å². The van der Waals surface area contributed by atoms with Crippen LogP contribution in [-0.4, -0.2) is 11.6 Å². The first-order valence-electron chi connectivity index (χ1n) is 5.56. The molecule has 0 fully saturated rings. The third-order valence-electron chi connectivity index (χ3n) is 3.12. The zero-order valence-corrected chi connectivity index (χ0v) is 10.1. The highest BCUT2D eigenvalue weighted by Crippen LogP contribution is 2.20. The third kappa shape index (κ3) is 2.02. The minimum atomic E-state index is 0.0230. The minimum absolute atomic E-state index is 0.0230. The molecule has 2 aromatic rings. The summed E-state index contributed by atoms with van der Waals surface area (Å²) in [5.41, 5.74) is 2.52. The summed E-state index contributed by atoms with van der Waals surface area (Å²) in [5.74, 6) is 0. The van der Waals surface area contributed by atoms with E-state index in [4.69, 9.17) is 0 Å². The van der Waals surface area contributed by atoms with E-state index in [-0.39, 0.29) is 5.54 Å². The van der Waals surface area contributed by atoms with Gasteiger partial charge in [0, 0.05) is 23.6 Å². The average Bonchev–Trinajstić information content (AvgIpc) is 2.83. The van der Waals surface area contributed by atoms with Crippen LogP contribution in [0.15, 0.2) is 48.8 Å². The highest BCUT2D eigenvalue weighted by Gasteiger charge is 2.16. The first kappa shape index (κ1) is 11.0. The lowest BCUT2D eigenvalue weighted by molar-refractivity contribution is 0.444. The van der Waals surface area contributed by atoms with Gasteiger partial charge in [0.1, 0.15) is 0 Å². The molecule has 2 heteroatoms. The highest BCUT2D eigenvalue weighted by molar-refractivity contribution is 5.37. The van der Waals surface area contributed by atoms with Crippen LogP contribution in [0, 0.1) is 0 Å². The van der Waals surface area contributed by atoms with Gasteiger partial charge in [-0.15, -0.1) is 0 Å². The van der Waals surface area contributed by atoms with Gasteiger partial charge in [0.05, 0.1) is 0 Å². The molecule has 0 aliphatic carbocycles. The normalized spacial score (nSPS) is 11.7. The molecule has 0 spiro atoms. The van der Waals surface area contributed by atoms with Crippen LogP contribution in [0.3, 0.4) is 0 Å². The summed E-state index contributed by atoms with van der Waals surface area (Å²) in [4.78, 5) is 0. The number of hydrogen-bond donors (Lipinski definition) is 1. The molecule has 1 heterocycles. The van der Waals surface area contributed by atoms with Crippen molar-refractivity contribution in [3.63, 3.8) is 0 Å². The Hall–Kier alpha value is -1.54. The summed E-state index contributed by atoms with van der Waals surface area (Å²) in [5, 5.41) is 3.31. The molecule has 0 saturated carbocycles. The van der Waals surface area contributed by atoms with Crippen LogP contribution in [0.5, 0.6) is 0 Å². The maximum Gasteiger partial charge on any atom is 0.0449 e. The Morgan fingerprint density at radius 2 is 1.56 bits per heavy atom. The molecule has 0 atom stereocenters. The van der Waals surface area contributed by atoms with Crippen molar-refractivity contribution in [3.8, 4) is 5.69 Å². The lowest BCUT2D eigenvalue weighted by Gasteiger charge is -2.24. The van der Waals surface area contributed by atoms with Gasteiger partial charge < -0.3 is 9.88 Å². The second-order valence-electron chi connectivity index (χ2n) is 4.51. The van der Waals surface area contributed by atoms with Crippen molar-refractivity contribution in [1.29, 1.82) is 0 Å². The fourth-order valence-corrected chi connectivity index (χ4v) is 1.70. The van der Waals surface area contributed by atoms with Crippen molar-refractivity contribution >= 4 is 0 Å². The monoisotopic (exact) mass is 214 g/mol. The standard InChI is InChI=1S/C14H18N2/c1-14(2,15-3)12-6-8-13(9-7-12)16-10-4-5-11-16/h4-11,15H,1-3H3. The Morgan fingerprint density at radius 3 is 2.06 bits per heavy atom. The number of rotatable bonds is 3. The van der Waals surface area contributed by atoms with Crippen molar-refractivity contribution in [3.05, 3.63) is 54.4 Å². The van der Waals surface area contributed by atoms with Crippen LogP contribution in [0.2, 0.25) is 0 Å². The molecule has 1 aromatic heterocycles. The zero-order valence-electron chi connectivity index (χ0n) is 10.1. The summed E-state index contributed by atoms with van der Waals surface area (Å²) < 4.78 is 2.11. The van der Waals surface area contributed by atoms with Crippen LogP contribution in [-0.2, 0) is 5.54 Å². The lowest BCUT2D eigenvalue weighted by Crippen LogP contribution is -2.32. The topological polar surface area (TPSA) is 17.0 Å². The number of nitrogens with zero attached hydrogens (tertiary/aromatic N) is 1. The molecule has 84 valence electrons. The number of nitrogens with one attached hydrogen (secondary N) is 1. The van der Waals surface area contributed by atoms with E-state index in [1.807, 2.05) is 19.2 Å². The van der Waals surface area contributed by atoms with Gasteiger partial charge >= 0.3 is 0 Å². The fourth-order valence-electron chi connectivity index (χ4n) is 1.70. The molecule has 0 bridgehead atoms. The molecule has 0 unspecified atom stereocenters. The number of benzene rings is 1. The third-order valence-corrected chi connectivity index (χ3v) is 3.12.